The molecule has 1 aliphatic rings. The molecule has 0 saturated heterocycles. The first-order valence-electron chi connectivity index (χ1n) is 3.98. The van der Waals surface area contributed by atoms with Crippen molar-refractivity contribution < 1.29 is 22.0 Å². The number of rotatable bonds is 2. The molecular weight excluding hydrogens is 203 g/mol. The smallest absolute Gasteiger partial charge is 0.193 e. The molecule has 0 amide bonds. The van der Waals surface area contributed by atoms with Gasteiger partial charge in [-0.1, -0.05) is 6.92 Å². The van der Waals surface area contributed by atoms with Crippen molar-refractivity contribution in [3.63, 3.8) is 0 Å². The van der Waals surface area contributed by atoms with E-state index in [9.17, 15) is 22.0 Å². The highest BCUT2D eigenvalue weighted by atomic mass is 19.2. The van der Waals surface area contributed by atoms with E-state index in [1.807, 2.05) is 0 Å². The van der Waals surface area contributed by atoms with Crippen LogP contribution < -0.4 is 0 Å². The lowest BCUT2D eigenvalue weighted by atomic mass is 9.89. The molecule has 0 spiro atoms. The minimum Gasteiger partial charge on any atom is -0.236 e. The summed E-state index contributed by atoms with van der Waals surface area (Å²) in [6.07, 6.45) is -3.21. The SMILES string of the molecule is [CH2]CCC1(F)C=C(F)C(F)=C(F)C1F. The predicted molar refractivity (Wildman–Crippen MR) is 41.8 cm³/mol. The Morgan fingerprint density at radius 3 is 2.43 bits per heavy atom. The van der Waals surface area contributed by atoms with Crippen LogP contribution in [0.4, 0.5) is 22.0 Å². The van der Waals surface area contributed by atoms with Gasteiger partial charge in [0.2, 0.25) is 0 Å². The highest BCUT2D eigenvalue weighted by molar-refractivity contribution is 5.35. The molecule has 1 radical (unpaired) electrons. The maximum absolute atomic E-state index is 13.5. The molecule has 0 bridgehead atoms. The van der Waals surface area contributed by atoms with Gasteiger partial charge in [-0.2, -0.15) is 0 Å². The summed E-state index contributed by atoms with van der Waals surface area (Å²) in [6.45, 7) is 3.24. The lowest BCUT2D eigenvalue weighted by Gasteiger charge is -2.27. The van der Waals surface area contributed by atoms with Crippen LogP contribution in [0.15, 0.2) is 23.6 Å². The van der Waals surface area contributed by atoms with Crippen molar-refractivity contribution >= 4 is 0 Å². The summed E-state index contributed by atoms with van der Waals surface area (Å²) in [5, 5.41) is 0. The molecule has 0 N–H and O–H groups in total. The first kappa shape index (κ1) is 11.2. The Bertz CT molecular complexity index is 294. The molecule has 0 aromatic carbocycles. The Labute approximate surface area is 78.1 Å². The van der Waals surface area contributed by atoms with Crippen LogP contribution in [-0.4, -0.2) is 11.8 Å². The third-order valence-corrected chi connectivity index (χ3v) is 1.99. The van der Waals surface area contributed by atoms with E-state index in [0.29, 0.717) is 0 Å². The normalized spacial score (nSPS) is 33.3. The van der Waals surface area contributed by atoms with Gasteiger partial charge in [-0.15, -0.1) is 0 Å². The van der Waals surface area contributed by atoms with Gasteiger partial charge in [0, 0.05) is 0 Å². The van der Waals surface area contributed by atoms with Crippen LogP contribution in [0.25, 0.3) is 0 Å². The van der Waals surface area contributed by atoms with Gasteiger partial charge in [-0.05, 0) is 18.9 Å². The van der Waals surface area contributed by atoms with E-state index >= 15 is 0 Å². The van der Waals surface area contributed by atoms with E-state index in [-0.39, 0.29) is 12.5 Å². The lowest BCUT2D eigenvalue weighted by Crippen LogP contribution is -2.36. The number of hydrogen-bond acceptors (Lipinski definition) is 0. The number of hydrogen-bond donors (Lipinski definition) is 0. The third kappa shape index (κ3) is 1.67. The summed E-state index contributed by atoms with van der Waals surface area (Å²) in [5.41, 5.74) is -2.83. The average molecular weight is 211 g/mol. The molecule has 0 saturated carbocycles. The Morgan fingerprint density at radius 2 is 1.93 bits per heavy atom. The number of halogens is 5. The molecule has 0 aromatic heterocycles. The van der Waals surface area contributed by atoms with Gasteiger partial charge in [0.25, 0.3) is 0 Å². The molecule has 2 atom stereocenters. The quantitative estimate of drug-likeness (QED) is 0.611. The van der Waals surface area contributed by atoms with Crippen molar-refractivity contribution in [2.24, 2.45) is 0 Å². The standard InChI is InChI=1S/C9H8F5/c1-2-3-9(14)4-5(10)6(11)7(12)8(9)13/h4,8H,1-3H2. The summed E-state index contributed by atoms with van der Waals surface area (Å²) < 4.78 is 64.1. The van der Waals surface area contributed by atoms with E-state index in [2.05, 4.69) is 6.92 Å². The summed E-state index contributed by atoms with van der Waals surface area (Å²) >= 11 is 0. The third-order valence-electron chi connectivity index (χ3n) is 1.99. The second-order valence-corrected chi connectivity index (χ2v) is 3.05. The van der Waals surface area contributed by atoms with Crippen LogP contribution in [-0.2, 0) is 0 Å². The maximum atomic E-state index is 13.5. The summed E-state index contributed by atoms with van der Waals surface area (Å²) in [5.74, 6) is -5.69. The zero-order valence-electron chi connectivity index (χ0n) is 7.17. The average Bonchev–Trinajstić information content (AvgIpc) is 2.12. The maximum Gasteiger partial charge on any atom is 0.193 e. The Morgan fingerprint density at radius 1 is 1.36 bits per heavy atom. The lowest BCUT2D eigenvalue weighted by molar-refractivity contribution is 0.0842. The Kier molecular flexibility index (Phi) is 2.97. The molecule has 0 aliphatic heterocycles. The van der Waals surface area contributed by atoms with Crippen molar-refractivity contribution in [1.82, 2.24) is 0 Å². The molecule has 1 rings (SSSR count). The van der Waals surface area contributed by atoms with Crippen LogP contribution >= 0.6 is 0 Å². The van der Waals surface area contributed by atoms with Crippen molar-refractivity contribution in [3.05, 3.63) is 30.5 Å². The van der Waals surface area contributed by atoms with Crippen LogP contribution in [0.2, 0.25) is 0 Å². The first-order chi connectivity index (χ1) is 6.42. The second-order valence-electron chi connectivity index (χ2n) is 3.05. The molecule has 0 aromatic rings. The first-order valence-corrected chi connectivity index (χ1v) is 3.98. The summed E-state index contributed by atoms with van der Waals surface area (Å²) in [7, 11) is 0. The largest absolute Gasteiger partial charge is 0.236 e. The minimum absolute atomic E-state index is 0.0460. The molecule has 2 unspecified atom stereocenters. The van der Waals surface area contributed by atoms with Crippen molar-refractivity contribution in [1.29, 1.82) is 0 Å². The van der Waals surface area contributed by atoms with Crippen LogP contribution in [0.5, 0.6) is 0 Å². The Hall–Kier alpha value is -0.870. The van der Waals surface area contributed by atoms with Crippen molar-refractivity contribution in [3.8, 4) is 0 Å². The molecule has 1 aliphatic carbocycles. The van der Waals surface area contributed by atoms with E-state index in [0.717, 1.165) is 0 Å². The van der Waals surface area contributed by atoms with E-state index < -0.39 is 35.7 Å². The number of alkyl halides is 2. The van der Waals surface area contributed by atoms with Gasteiger partial charge in [-0.25, -0.2) is 22.0 Å². The molecule has 14 heavy (non-hydrogen) atoms. The summed E-state index contributed by atoms with van der Waals surface area (Å²) in [4.78, 5) is 0. The van der Waals surface area contributed by atoms with Gasteiger partial charge in [0.05, 0.1) is 0 Å². The predicted octanol–water partition coefficient (Wildman–Crippen LogP) is 3.66. The van der Waals surface area contributed by atoms with E-state index in [1.54, 1.807) is 0 Å². The van der Waals surface area contributed by atoms with E-state index in [4.69, 9.17) is 0 Å². The highest BCUT2D eigenvalue weighted by Crippen LogP contribution is 2.40. The van der Waals surface area contributed by atoms with Gasteiger partial charge >= 0.3 is 0 Å². The summed E-state index contributed by atoms with van der Waals surface area (Å²) in [6, 6.07) is 0. The fourth-order valence-electron chi connectivity index (χ4n) is 1.25. The molecule has 79 valence electrons. The molecule has 0 heterocycles. The second kappa shape index (κ2) is 3.71. The topological polar surface area (TPSA) is 0 Å². The van der Waals surface area contributed by atoms with Crippen molar-refractivity contribution in [2.75, 3.05) is 0 Å². The van der Waals surface area contributed by atoms with Crippen LogP contribution in [0.1, 0.15) is 12.8 Å². The van der Waals surface area contributed by atoms with Gasteiger partial charge in [-0.3, -0.25) is 0 Å². The van der Waals surface area contributed by atoms with Crippen molar-refractivity contribution in [2.45, 2.75) is 24.7 Å². The monoisotopic (exact) mass is 211 g/mol. The van der Waals surface area contributed by atoms with Crippen LogP contribution in [0, 0.1) is 6.92 Å². The fourth-order valence-corrected chi connectivity index (χ4v) is 1.25. The molecule has 0 fully saturated rings. The zero-order chi connectivity index (χ0) is 10.9. The Balaban J connectivity index is 3.06. The van der Waals surface area contributed by atoms with Crippen LogP contribution in [0.3, 0.4) is 0 Å². The molecule has 5 heteroatoms. The fraction of sp³-hybridized carbons (Fsp3) is 0.444. The highest BCUT2D eigenvalue weighted by Gasteiger charge is 2.46. The molecule has 0 nitrogen and oxygen atoms in total. The number of allylic oxidation sites excluding steroid dienone is 4. The van der Waals surface area contributed by atoms with Gasteiger partial charge in [0.15, 0.2) is 29.3 Å². The van der Waals surface area contributed by atoms with Gasteiger partial charge < -0.3 is 0 Å². The zero-order valence-corrected chi connectivity index (χ0v) is 7.17. The van der Waals surface area contributed by atoms with Gasteiger partial charge in [0.1, 0.15) is 0 Å². The molecular formula is C9H8F5. The minimum atomic E-state index is -2.83. The van der Waals surface area contributed by atoms with E-state index in [1.165, 1.54) is 0 Å².